The van der Waals surface area contributed by atoms with Gasteiger partial charge in [0.05, 0.1) is 0 Å². The third kappa shape index (κ3) is 3.55. The van der Waals surface area contributed by atoms with Crippen LogP contribution in [-0.4, -0.2) is 19.8 Å². The smallest absolute Gasteiger partial charge is 0.422 e. The molecule has 0 fully saturated rings. The van der Waals surface area contributed by atoms with Crippen LogP contribution in [0.5, 0.6) is 5.75 Å². The van der Waals surface area contributed by atoms with Crippen LogP contribution in [0.15, 0.2) is 24.3 Å². The molecule has 5 heteroatoms. The summed E-state index contributed by atoms with van der Waals surface area (Å²) < 4.78 is 39.9. The van der Waals surface area contributed by atoms with E-state index in [1.54, 1.807) is 19.2 Å². The quantitative estimate of drug-likeness (QED) is 0.819. The van der Waals surface area contributed by atoms with E-state index in [1.807, 2.05) is 0 Å². The summed E-state index contributed by atoms with van der Waals surface area (Å²) in [6.45, 7) is -1.26. The van der Waals surface area contributed by atoms with Gasteiger partial charge in [0, 0.05) is 18.8 Å². The molecular weight excluding hydrogens is 195 g/mol. The van der Waals surface area contributed by atoms with Crippen molar-refractivity contribution < 1.29 is 17.9 Å². The van der Waals surface area contributed by atoms with Gasteiger partial charge in [-0.15, -0.1) is 0 Å². The molecule has 0 spiro atoms. The molecule has 1 aromatic rings. The SMILES string of the molecule is CNc1cccc(OCC(F)(F)F)c1. The van der Waals surface area contributed by atoms with Crippen molar-refractivity contribution >= 4 is 5.69 Å². The maximum absolute atomic E-state index is 11.8. The fourth-order valence-electron chi connectivity index (χ4n) is 0.907. The lowest BCUT2D eigenvalue weighted by atomic mass is 10.3. The van der Waals surface area contributed by atoms with Gasteiger partial charge in [-0.25, -0.2) is 0 Å². The highest BCUT2D eigenvalue weighted by Crippen LogP contribution is 2.20. The molecule has 14 heavy (non-hydrogen) atoms. The van der Waals surface area contributed by atoms with Gasteiger partial charge in [-0.3, -0.25) is 0 Å². The Hall–Kier alpha value is -1.39. The lowest BCUT2D eigenvalue weighted by molar-refractivity contribution is -0.153. The molecular formula is C9H10F3NO. The first kappa shape index (κ1) is 10.7. The normalized spacial score (nSPS) is 11.1. The van der Waals surface area contributed by atoms with Gasteiger partial charge in [-0.1, -0.05) is 6.07 Å². The summed E-state index contributed by atoms with van der Waals surface area (Å²) in [4.78, 5) is 0. The van der Waals surface area contributed by atoms with E-state index >= 15 is 0 Å². The maximum atomic E-state index is 11.8. The van der Waals surface area contributed by atoms with E-state index in [4.69, 9.17) is 0 Å². The highest BCUT2D eigenvalue weighted by atomic mass is 19.4. The third-order valence-electron chi connectivity index (χ3n) is 1.53. The Bertz CT molecular complexity index is 298. The third-order valence-corrected chi connectivity index (χ3v) is 1.53. The van der Waals surface area contributed by atoms with E-state index in [-0.39, 0.29) is 5.75 Å². The van der Waals surface area contributed by atoms with Crippen LogP contribution in [0.4, 0.5) is 18.9 Å². The number of hydrogen-bond donors (Lipinski definition) is 1. The predicted octanol–water partition coefficient (Wildman–Crippen LogP) is 2.67. The summed E-state index contributed by atoms with van der Waals surface area (Å²) in [6, 6.07) is 6.34. The molecule has 0 saturated heterocycles. The van der Waals surface area contributed by atoms with E-state index in [0.717, 1.165) is 0 Å². The molecule has 0 aromatic heterocycles. The van der Waals surface area contributed by atoms with Crippen molar-refractivity contribution in [2.75, 3.05) is 19.0 Å². The van der Waals surface area contributed by atoms with Crippen LogP contribution in [-0.2, 0) is 0 Å². The van der Waals surface area contributed by atoms with Gasteiger partial charge in [0.2, 0.25) is 0 Å². The Morgan fingerprint density at radius 3 is 2.64 bits per heavy atom. The molecule has 0 aliphatic carbocycles. The van der Waals surface area contributed by atoms with Crippen molar-refractivity contribution in [2.24, 2.45) is 0 Å². The summed E-state index contributed by atoms with van der Waals surface area (Å²) in [7, 11) is 1.68. The largest absolute Gasteiger partial charge is 0.484 e. The Balaban J connectivity index is 2.59. The molecule has 0 unspecified atom stereocenters. The molecule has 2 nitrogen and oxygen atoms in total. The van der Waals surface area contributed by atoms with Gasteiger partial charge in [-0.05, 0) is 12.1 Å². The van der Waals surface area contributed by atoms with E-state index in [9.17, 15) is 13.2 Å². The van der Waals surface area contributed by atoms with Crippen molar-refractivity contribution in [3.63, 3.8) is 0 Å². The summed E-state index contributed by atoms with van der Waals surface area (Å²) in [6.07, 6.45) is -4.30. The van der Waals surface area contributed by atoms with Gasteiger partial charge in [0.1, 0.15) is 5.75 Å². The maximum Gasteiger partial charge on any atom is 0.422 e. The van der Waals surface area contributed by atoms with Crippen LogP contribution in [0.25, 0.3) is 0 Å². The molecule has 1 aromatic carbocycles. The second-order valence-electron chi connectivity index (χ2n) is 2.68. The molecule has 0 heterocycles. The standard InChI is InChI=1S/C9H10F3NO/c1-13-7-3-2-4-8(5-7)14-6-9(10,11)12/h2-5,13H,6H2,1H3. The van der Waals surface area contributed by atoms with E-state index in [1.165, 1.54) is 12.1 Å². The van der Waals surface area contributed by atoms with Crippen molar-refractivity contribution in [2.45, 2.75) is 6.18 Å². The number of benzene rings is 1. The molecule has 0 amide bonds. The Morgan fingerprint density at radius 1 is 1.36 bits per heavy atom. The number of ether oxygens (including phenoxy) is 1. The van der Waals surface area contributed by atoms with E-state index in [0.29, 0.717) is 5.69 Å². The lowest BCUT2D eigenvalue weighted by Gasteiger charge is -2.09. The van der Waals surface area contributed by atoms with Crippen LogP contribution in [0.3, 0.4) is 0 Å². The summed E-state index contributed by atoms with van der Waals surface area (Å²) in [5, 5.41) is 2.80. The van der Waals surface area contributed by atoms with Crippen LogP contribution < -0.4 is 10.1 Å². The average molecular weight is 205 g/mol. The van der Waals surface area contributed by atoms with Crippen LogP contribution >= 0.6 is 0 Å². The molecule has 0 saturated carbocycles. The predicted molar refractivity (Wildman–Crippen MR) is 47.5 cm³/mol. The molecule has 1 N–H and O–H groups in total. The fraction of sp³-hybridized carbons (Fsp3) is 0.333. The van der Waals surface area contributed by atoms with Crippen molar-refractivity contribution in [1.29, 1.82) is 0 Å². The molecule has 0 radical (unpaired) electrons. The van der Waals surface area contributed by atoms with Crippen molar-refractivity contribution in [3.05, 3.63) is 24.3 Å². The highest BCUT2D eigenvalue weighted by Gasteiger charge is 2.28. The zero-order valence-electron chi connectivity index (χ0n) is 7.56. The van der Waals surface area contributed by atoms with Crippen LogP contribution in [0, 0.1) is 0 Å². The second kappa shape index (κ2) is 4.21. The van der Waals surface area contributed by atoms with Gasteiger partial charge in [-0.2, -0.15) is 13.2 Å². The first-order valence-electron chi connectivity index (χ1n) is 3.98. The minimum absolute atomic E-state index is 0.203. The monoisotopic (exact) mass is 205 g/mol. The summed E-state index contributed by atoms with van der Waals surface area (Å²) in [5.41, 5.74) is 0.713. The molecule has 78 valence electrons. The molecule has 0 aliphatic rings. The van der Waals surface area contributed by atoms with Crippen LogP contribution in [0.1, 0.15) is 0 Å². The minimum atomic E-state index is -4.30. The lowest BCUT2D eigenvalue weighted by Crippen LogP contribution is -2.19. The van der Waals surface area contributed by atoms with Crippen molar-refractivity contribution in [1.82, 2.24) is 0 Å². The first-order chi connectivity index (χ1) is 6.51. The van der Waals surface area contributed by atoms with Gasteiger partial charge < -0.3 is 10.1 Å². The molecule has 0 bridgehead atoms. The van der Waals surface area contributed by atoms with E-state index < -0.39 is 12.8 Å². The average Bonchev–Trinajstić information content (AvgIpc) is 2.14. The fourth-order valence-corrected chi connectivity index (χ4v) is 0.907. The Kier molecular flexibility index (Phi) is 3.22. The number of alkyl halides is 3. The van der Waals surface area contributed by atoms with Crippen molar-refractivity contribution in [3.8, 4) is 5.75 Å². The minimum Gasteiger partial charge on any atom is -0.484 e. The molecule has 0 atom stereocenters. The first-order valence-corrected chi connectivity index (χ1v) is 3.98. The number of rotatable bonds is 3. The van der Waals surface area contributed by atoms with Gasteiger partial charge in [0.25, 0.3) is 0 Å². The number of halogens is 3. The summed E-state index contributed by atoms with van der Waals surface area (Å²) >= 11 is 0. The van der Waals surface area contributed by atoms with Gasteiger partial charge >= 0.3 is 6.18 Å². The van der Waals surface area contributed by atoms with Gasteiger partial charge in [0.15, 0.2) is 6.61 Å². The zero-order chi connectivity index (χ0) is 10.6. The van der Waals surface area contributed by atoms with Crippen LogP contribution in [0.2, 0.25) is 0 Å². The number of hydrogen-bond acceptors (Lipinski definition) is 2. The number of nitrogens with one attached hydrogen (secondary N) is 1. The molecule has 0 aliphatic heterocycles. The highest BCUT2D eigenvalue weighted by molar-refractivity contribution is 5.47. The summed E-state index contributed by atoms with van der Waals surface area (Å²) in [5.74, 6) is 0.203. The Labute approximate surface area is 79.7 Å². The molecule has 1 rings (SSSR count). The second-order valence-corrected chi connectivity index (χ2v) is 2.68. The van der Waals surface area contributed by atoms with E-state index in [2.05, 4.69) is 10.1 Å². The zero-order valence-corrected chi connectivity index (χ0v) is 7.56. The topological polar surface area (TPSA) is 21.3 Å². The number of anilines is 1. The Morgan fingerprint density at radius 2 is 2.07 bits per heavy atom.